The Bertz CT molecular complexity index is 1290. The molecular weight excluding hydrogens is 498 g/mol. The number of aromatic nitrogens is 6. The molecule has 0 aliphatic heterocycles. The molecule has 148 valence electrons. The van der Waals surface area contributed by atoms with Crippen molar-refractivity contribution in [3.05, 3.63) is 36.4 Å². The fraction of sp³-hybridized carbons (Fsp3) is 0. The molecule has 0 spiro atoms. The molecule has 0 saturated heterocycles. The van der Waals surface area contributed by atoms with Crippen LogP contribution in [0.5, 0.6) is 0 Å². The first kappa shape index (κ1) is 28.0. The molecule has 30 heavy (non-hydrogen) atoms. The molecule has 0 radical (unpaired) electrons. The minimum Gasteiger partial charge on any atom is -0.744 e. The fourth-order valence-electron chi connectivity index (χ4n) is 2.09. The van der Waals surface area contributed by atoms with Crippen LogP contribution in [0.3, 0.4) is 0 Å². The van der Waals surface area contributed by atoms with Gasteiger partial charge < -0.3 is 19.5 Å². The summed E-state index contributed by atoms with van der Waals surface area (Å²) in [7, 11) is -8.99. The van der Waals surface area contributed by atoms with Gasteiger partial charge >= 0.3 is 103 Å². The number of benzene rings is 2. The quantitative estimate of drug-likeness (QED) is 0.147. The third-order valence-corrected chi connectivity index (χ3v) is 5.04. The fourth-order valence-corrected chi connectivity index (χ4v) is 3.07. The topological polar surface area (TPSA) is 216 Å². The van der Waals surface area contributed by atoms with E-state index in [4.69, 9.17) is 10.4 Å². The van der Waals surface area contributed by atoms with Gasteiger partial charge in [-0.3, -0.25) is 0 Å². The Morgan fingerprint density at radius 2 is 1.03 bits per heavy atom. The number of hydrogen-bond acceptors (Lipinski definition) is 12. The van der Waals surface area contributed by atoms with Crippen LogP contribution in [-0.2, 0) is 20.2 Å². The van der Waals surface area contributed by atoms with Crippen LogP contribution in [0.4, 0.5) is 0 Å². The third-order valence-electron chi connectivity index (χ3n) is 3.38. The van der Waals surface area contributed by atoms with Gasteiger partial charge in [-0.1, -0.05) is 9.69 Å². The summed E-state index contributed by atoms with van der Waals surface area (Å²) in [5.74, 6) is 0. The molecule has 0 amide bonds. The molecule has 2 N–H and O–H groups in total. The number of nitrogens with zero attached hydrogens (tertiary/aromatic N) is 6. The Hall–Kier alpha value is -0.0673. The van der Waals surface area contributed by atoms with Crippen molar-refractivity contribution in [2.45, 2.75) is 9.79 Å². The van der Waals surface area contributed by atoms with Gasteiger partial charge in [-0.05, 0) is 46.8 Å². The normalized spacial score (nSPS) is 11.3. The minimum absolute atomic E-state index is 0. The SMILES string of the molecule is O=S(=O)([O-])c1ccc2c(c1)nnn2O.O=S(=O)([O-])c1ccc2c(c1)nnn2O.[K+].[K+]. The van der Waals surface area contributed by atoms with E-state index >= 15 is 0 Å². The van der Waals surface area contributed by atoms with Gasteiger partial charge in [-0.15, -0.1) is 10.2 Å². The molecular formula is C12H8K2N6O8S2. The maximum atomic E-state index is 10.6. The molecule has 4 aromatic rings. The average molecular weight is 507 g/mol. The van der Waals surface area contributed by atoms with Gasteiger partial charge in [-0.25, -0.2) is 16.8 Å². The smallest absolute Gasteiger partial charge is 0.744 e. The van der Waals surface area contributed by atoms with Crippen molar-refractivity contribution in [1.29, 1.82) is 0 Å². The monoisotopic (exact) mass is 506 g/mol. The molecule has 2 aromatic heterocycles. The van der Waals surface area contributed by atoms with Gasteiger partial charge in [-0.2, -0.15) is 0 Å². The van der Waals surface area contributed by atoms with E-state index in [-0.39, 0.29) is 125 Å². The van der Waals surface area contributed by atoms with Crippen molar-refractivity contribution in [3.63, 3.8) is 0 Å². The van der Waals surface area contributed by atoms with Crippen LogP contribution < -0.4 is 103 Å². The van der Waals surface area contributed by atoms with E-state index < -0.39 is 30.0 Å². The first-order chi connectivity index (χ1) is 13.0. The van der Waals surface area contributed by atoms with Crippen molar-refractivity contribution >= 4 is 42.3 Å². The Balaban J connectivity index is 0.000000281. The maximum absolute atomic E-state index is 10.6. The predicted octanol–water partition coefficient (Wildman–Crippen LogP) is -6.85. The molecule has 0 atom stereocenters. The maximum Gasteiger partial charge on any atom is 1.00 e. The van der Waals surface area contributed by atoms with E-state index in [1.165, 1.54) is 12.1 Å². The Morgan fingerprint density at radius 3 is 1.33 bits per heavy atom. The second-order valence-corrected chi connectivity index (χ2v) is 7.93. The van der Waals surface area contributed by atoms with Gasteiger partial charge in [0.1, 0.15) is 42.3 Å². The van der Waals surface area contributed by atoms with E-state index in [0.717, 1.165) is 24.3 Å². The van der Waals surface area contributed by atoms with Gasteiger partial charge in [0.25, 0.3) is 0 Å². The summed E-state index contributed by atoms with van der Waals surface area (Å²) in [5.41, 5.74) is 0.753. The predicted molar refractivity (Wildman–Crippen MR) is 85.4 cm³/mol. The van der Waals surface area contributed by atoms with Gasteiger partial charge in [0.15, 0.2) is 0 Å². The van der Waals surface area contributed by atoms with Crippen molar-refractivity contribution in [1.82, 2.24) is 30.3 Å². The average Bonchev–Trinajstić information content (AvgIpc) is 3.17. The molecule has 4 rings (SSSR count). The van der Waals surface area contributed by atoms with Crippen LogP contribution in [0.15, 0.2) is 46.2 Å². The van der Waals surface area contributed by atoms with Crippen molar-refractivity contribution in [3.8, 4) is 0 Å². The third kappa shape index (κ3) is 6.48. The van der Waals surface area contributed by atoms with Crippen LogP contribution in [0.2, 0.25) is 0 Å². The molecule has 0 aliphatic rings. The zero-order valence-corrected chi connectivity index (χ0v) is 23.2. The van der Waals surface area contributed by atoms with E-state index in [0.29, 0.717) is 9.69 Å². The van der Waals surface area contributed by atoms with Gasteiger partial charge in [0.2, 0.25) is 0 Å². The van der Waals surface area contributed by atoms with Crippen LogP contribution in [0, 0.1) is 0 Å². The van der Waals surface area contributed by atoms with Crippen LogP contribution >= 0.6 is 0 Å². The zero-order valence-electron chi connectivity index (χ0n) is 15.3. The Morgan fingerprint density at radius 1 is 0.700 bits per heavy atom. The summed E-state index contributed by atoms with van der Waals surface area (Å²) in [6.45, 7) is 0. The number of hydrogen-bond donors (Lipinski definition) is 2. The summed E-state index contributed by atoms with van der Waals surface area (Å²) in [6, 6.07) is 6.77. The first-order valence-corrected chi connectivity index (χ1v) is 9.80. The van der Waals surface area contributed by atoms with Crippen molar-refractivity contribution < 1.29 is 139 Å². The largest absolute Gasteiger partial charge is 1.00 e. The van der Waals surface area contributed by atoms with Crippen LogP contribution in [-0.4, -0.2) is 66.7 Å². The van der Waals surface area contributed by atoms with E-state index in [1.807, 2.05) is 0 Å². The van der Waals surface area contributed by atoms with Crippen LogP contribution in [0.1, 0.15) is 0 Å². The summed E-state index contributed by atoms with van der Waals surface area (Å²) >= 11 is 0. The summed E-state index contributed by atoms with van der Waals surface area (Å²) in [6.07, 6.45) is 0. The second kappa shape index (κ2) is 10.7. The molecule has 0 fully saturated rings. The molecule has 0 saturated carbocycles. The molecule has 0 unspecified atom stereocenters. The molecule has 2 aromatic carbocycles. The molecule has 0 bridgehead atoms. The molecule has 0 aliphatic carbocycles. The Kier molecular flexibility index (Phi) is 9.97. The van der Waals surface area contributed by atoms with Crippen molar-refractivity contribution in [2.24, 2.45) is 0 Å². The molecule has 18 heteroatoms. The van der Waals surface area contributed by atoms with E-state index in [9.17, 15) is 25.9 Å². The number of rotatable bonds is 2. The second-order valence-electron chi connectivity index (χ2n) is 5.17. The summed E-state index contributed by atoms with van der Waals surface area (Å²) in [4.78, 5) is 0.198. The van der Waals surface area contributed by atoms with Gasteiger partial charge in [0.05, 0.1) is 9.79 Å². The zero-order chi connectivity index (χ0) is 20.7. The standard InChI is InChI=1S/2C6H5N3O4S.2K/c2*10-9-6-2-1-4(14(11,12)13)3-5(6)7-8-9;;/h2*1-3,10H,(H,11,12,13);;/q;;2*+1/p-2. The molecule has 14 nitrogen and oxygen atoms in total. The Labute approximate surface area is 253 Å². The first-order valence-electron chi connectivity index (χ1n) is 6.98. The van der Waals surface area contributed by atoms with E-state index in [1.54, 1.807) is 0 Å². The van der Waals surface area contributed by atoms with Gasteiger partial charge in [0, 0.05) is 0 Å². The van der Waals surface area contributed by atoms with E-state index in [2.05, 4.69) is 20.6 Å². The van der Waals surface area contributed by atoms with Crippen LogP contribution in [0.25, 0.3) is 22.1 Å². The summed E-state index contributed by atoms with van der Waals surface area (Å²) in [5, 5.41) is 31.4. The number of fused-ring (bicyclic) bond motifs is 2. The summed E-state index contributed by atoms with van der Waals surface area (Å²) < 4.78 is 63.7. The molecule has 2 heterocycles. The minimum atomic E-state index is -4.49. The van der Waals surface area contributed by atoms with Crippen molar-refractivity contribution in [2.75, 3.05) is 0 Å².